The number of ether oxygens (including phenoxy) is 5. The van der Waals surface area contributed by atoms with Crippen LogP contribution >= 0.6 is 0 Å². The van der Waals surface area contributed by atoms with Crippen LogP contribution in [0.3, 0.4) is 0 Å². The highest BCUT2D eigenvalue weighted by Gasteiger charge is 2.33. The van der Waals surface area contributed by atoms with Crippen molar-refractivity contribution in [1.82, 2.24) is 16.0 Å². The first-order valence-electron chi connectivity index (χ1n) is 15.8. The van der Waals surface area contributed by atoms with Crippen LogP contribution in [0.1, 0.15) is 52.2 Å². The van der Waals surface area contributed by atoms with Crippen molar-refractivity contribution in [3.8, 4) is 17.2 Å². The van der Waals surface area contributed by atoms with Gasteiger partial charge in [-0.25, -0.2) is 4.79 Å². The highest BCUT2D eigenvalue weighted by atomic mass is 16.6. The van der Waals surface area contributed by atoms with E-state index in [2.05, 4.69) is 16.0 Å². The molecule has 0 radical (unpaired) electrons. The van der Waals surface area contributed by atoms with Gasteiger partial charge in [-0.1, -0.05) is 50.2 Å². The van der Waals surface area contributed by atoms with Gasteiger partial charge >= 0.3 is 6.09 Å². The first-order chi connectivity index (χ1) is 22.2. The monoisotopic (exact) mass is 659 g/mol. The van der Waals surface area contributed by atoms with Gasteiger partial charge in [0.1, 0.15) is 11.6 Å². The van der Waals surface area contributed by atoms with Gasteiger partial charge in [-0.3, -0.25) is 9.59 Å². The van der Waals surface area contributed by atoms with Gasteiger partial charge in [-0.2, -0.15) is 0 Å². The maximum Gasteiger partial charge on any atom is 0.407 e. The fraction of sp³-hybridized carbons (Fsp3) is 0.571. The van der Waals surface area contributed by atoms with E-state index in [0.29, 0.717) is 29.4 Å². The van der Waals surface area contributed by atoms with Crippen molar-refractivity contribution in [2.75, 3.05) is 41.6 Å². The summed E-state index contributed by atoms with van der Waals surface area (Å²) in [5, 5.41) is 20.2. The molecule has 0 heterocycles. The van der Waals surface area contributed by atoms with Gasteiger partial charge in [-0.05, 0) is 63.1 Å². The zero-order chi connectivity index (χ0) is 35.1. The van der Waals surface area contributed by atoms with Crippen molar-refractivity contribution in [2.45, 2.75) is 77.7 Å². The number of rotatable bonds is 18. The number of amides is 3. The molecule has 0 spiro atoms. The van der Waals surface area contributed by atoms with Crippen molar-refractivity contribution in [1.29, 1.82) is 0 Å². The zero-order valence-corrected chi connectivity index (χ0v) is 29.2. The topological polar surface area (TPSA) is 154 Å². The Bertz CT molecular complexity index is 1280. The molecule has 0 saturated heterocycles. The number of hydrogen-bond donors (Lipinski definition) is 4. The summed E-state index contributed by atoms with van der Waals surface area (Å²) < 4.78 is 27.2. The summed E-state index contributed by atoms with van der Waals surface area (Å²) in [6, 6.07) is 11.2. The molecule has 1 unspecified atom stereocenters. The van der Waals surface area contributed by atoms with E-state index in [9.17, 15) is 19.5 Å². The van der Waals surface area contributed by atoms with Gasteiger partial charge in [0.15, 0.2) is 11.5 Å². The highest BCUT2D eigenvalue weighted by molar-refractivity contribution is 5.89. The number of benzene rings is 2. The summed E-state index contributed by atoms with van der Waals surface area (Å²) in [7, 11) is 6.03. The maximum absolute atomic E-state index is 14.1. The lowest BCUT2D eigenvalue weighted by Crippen LogP contribution is -2.53. The minimum Gasteiger partial charge on any atom is -0.493 e. The van der Waals surface area contributed by atoms with Crippen LogP contribution in [0.25, 0.3) is 0 Å². The van der Waals surface area contributed by atoms with Crippen LogP contribution in [0.2, 0.25) is 0 Å². The number of carbonyl (C=O) groups excluding carboxylic acids is 3. The van der Waals surface area contributed by atoms with Crippen molar-refractivity contribution in [3.63, 3.8) is 0 Å². The third-order valence-corrected chi connectivity index (χ3v) is 7.47. The Morgan fingerprint density at radius 3 is 2.04 bits per heavy atom. The Hall–Kier alpha value is -4.03. The second-order valence-electron chi connectivity index (χ2n) is 12.7. The van der Waals surface area contributed by atoms with Crippen molar-refractivity contribution in [3.05, 3.63) is 53.6 Å². The molecule has 0 aliphatic carbocycles. The van der Waals surface area contributed by atoms with Crippen molar-refractivity contribution >= 4 is 17.9 Å². The minimum absolute atomic E-state index is 0.0628. The Kier molecular flexibility index (Phi) is 15.8. The molecule has 2 aromatic carbocycles. The summed E-state index contributed by atoms with van der Waals surface area (Å²) in [5.41, 5.74) is 0.750. The Morgan fingerprint density at radius 2 is 1.49 bits per heavy atom. The molecule has 0 aliphatic rings. The molecule has 0 aliphatic heterocycles. The molecule has 4 N–H and O–H groups in total. The van der Waals surface area contributed by atoms with E-state index in [0.717, 1.165) is 5.56 Å². The van der Waals surface area contributed by atoms with E-state index >= 15 is 0 Å². The van der Waals surface area contributed by atoms with E-state index in [-0.39, 0.29) is 37.6 Å². The van der Waals surface area contributed by atoms with Crippen LogP contribution in [0, 0.1) is 11.8 Å². The third-order valence-electron chi connectivity index (χ3n) is 7.47. The molecule has 12 nitrogen and oxygen atoms in total. The van der Waals surface area contributed by atoms with Crippen molar-refractivity contribution < 1.29 is 43.2 Å². The molecule has 0 aromatic heterocycles. The summed E-state index contributed by atoms with van der Waals surface area (Å²) in [6.45, 7) is 9.54. The number of nitrogens with one attached hydrogen (secondary N) is 3. The molecular weight excluding hydrogens is 606 g/mol. The molecular formula is C35H53N3O9. The van der Waals surface area contributed by atoms with E-state index in [1.165, 1.54) is 28.4 Å². The SMILES string of the molecule is COCCNC(=O)C(NC(=O)[C@H](Cc1ccc(OC)c(OC)c1OC)C[C@H](O)[C@H](Cc1ccccc1)NC(=O)OC(C)(C)C)C(C)C. The first kappa shape index (κ1) is 39.1. The first-order valence-corrected chi connectivity index (χ1v) is 15.8. The minimum atomic E-state index is -1.18. The number of aliphatic hydroxyl groups excluding tert-OH is 1. The predicted octanol–water partition coefficient (Wildman–Crippen LogP) is 3.66. The van der Waals surface area contributed by atoms with Crippen LogP contribution in [0.15, 0.2) is 42.5 Å². The van der Waals surface area contributed by atoms with Gasteiger partial charge in [0.2, 0.25) is 17.6 Å². The summed E-state index contributed by atoms with van der Waals surface area (Å²) in [4.78, 5) is 40.0. The Balaban J connectivity index is 2.49. The predicted molar refractivity (Wildman–Crippen MR) is 179 cm³/mol. The number of alkyl carbamates (subject to hydrolysis) is 1. The Labute approximate surface area is 278 Å². The molecule has 3 amide bonds. The summed E-state index contributed by atoms with van der Waals surface area (Å²) in [5.74, 6) is -0.695. The van der Waals surface area contributed by atoms with E-state index in [1.807, 2.05) is 44.2 Å². The second-order valence-corrected chi connectivity index (χ2v) is 12.7. The normalized spacial score (nSPS) is 13.9. The lowest BCUT2D eigenvalue weighted by molar-refractivity contribution is -0.132. The molecule has 4 atom stereocenters. The molecule has 2 aromatic rings. The standard InChI is InChI=1S/C35H53N3O9/c1-22(2)29(33(41)36-17-18-43-6)38-32(40)25(20-24-15-16-28(44-7)31(46-9)30(24)45-8)21-27(39)26(19-23-13-11-10-12-14-23)37-34(42)47-35(3,4)5/h10-16,22,25-27,29,39H,17-21H2,1-9H3,(H,36,41)(H,37,42)(H,38,40)/t25-,26+,27+,29?/m1/s1. The van der Waals surface area contributed by atoms with E-state index in [4.69, 9.17) is 23.7 Å². The quantitative estimate of drug-likeness (QED) is 0.176. The fourth-order valence-electron chi connectivity index (χ4n) is 5.13. The van der Waals surface area contributed by atoms with Gasteiger partial charge in [-0.15, -0.1) is 0 Å². The number of methoxy groups -OCH3 is 4. The van der Waals surface area contributed by atoms with Crippen LogP contribution < -0.4 is 30.2 Å². The lowest BCUT2D eigenvalue weighted by atomic mass is 9.87. The molecule has 262 valence electrons. The zero-order valence-electron chi connectivity index (χ0n) is 29.2. The Morgan fingerprint density at radius 1 is 0.830 bits per heavy atom. The molecule has 12 heteroatoms. The smallest absolute Gasteiger partial charge is 0.407 e. The number of aliphatic hydroxyl groups is 1. The van der Waals surface area contributed by atoms with Crippen LogP contribution in [-0.4, -0.2) is 88.4 Å². The second kappa shape index (κ2) is 19.0. The molecule has 0 bridgehead atoms. The fourth-order valence-corrected chi connectivity index (χ4v) is 5.13. The van der Waals surface area contributed by atoms with E-state index in [1.54, 1.807) is 32.9 Å². The molecule has 47 heavy (non-hydrogen) atoms. The van der Waals surface area contributed by atoms with Gasteiger partial charge < -0.3 is 44.7 Å². The average Bonchev–Trinajstić information content (AvgIpc) is 3.01. The molecule has 0 saturated carbocycles. The van der Waals surface area contributed by atoms with Gasteiger partial charge in [0, 0.05) is 19.6 Å². The lowest BCUT2D eigenvalue weighted by Gasteiger charge is -2.30. The highest BCUT2D eigenvalue weighted by Crippen LogP contribution is 2.41. The van der Waals surface area contributed by atoms with Gasteiger partial charge in [0.05, 0.1) is 40.1 Å². The number of hydrogen-bond acceptors (Lipinski definition) is 9. The third kappa shape index (κ3) is 12.6. The van der Waals surface area contributed by atoms with Crippen LogP contribution in [0.4, 0.5) is 4.79 Å². The summed E-state index contributed by atoms with van der Waals surface area (Å²) in [6.07, 6.45) is -1.53. The van der Waals surface area contributed by atoms with Crippen LogP contribution in [-0.2, 0) is 31.9 Å². The summed E-state index contributed by atoms with van der Waals surface area (Å²) >= 11 is 0. The van der Waals surface area contributed by atoms with Crippen molar-refractivity contribution in [2.24, 2.45) is 11.8 Å². The van der Waals surface area contributed by atoms with E-state index < -0.39 is 41.7 Å². The van der Waals surface area contributed by atoms with Crippen LogP contribution in [0.5, 0.6) is 17.2 Å². The van der Waals surface area contributed by atoms with Gasteiger partial charge in [0.25, 0.3) is 0 Å². The average molecular weight is 660 g/mol. The molecule has 0 fully saturated rings. The largest absolute Gasteiger partial charge is 0.493 e. The maximum atomic E-state index is 14.1. The number of carbonyl (C=O) groups is 3. The molecule has 2 rings (SSSR count).